The van der Waals surface area contributed by atoms with Crippen LogP contribution in [0.5, 0.6) is 0 Å². The molecule has 3 aromatic rings. The Morgan fingerprint density at radius 2 is 2.12 bits per heavy atom. The SMILES string of the molecule is Cc1nccn1CC(=O)Nc1cc(C(F)(F)F)ccc1-n1cncn1. The minimum Gasteiger partial charge on any atom is -0.326 e. The van der Waals surface area contributed by atoms with Gasteiger partial charge < -0.3 is 9.88 Å². The Morgan fingerprint density at radius 3 is 2.72 bits per heavy atom. The first-order valence-corrected chi connectivity index (χ1v) is 7.18. The van der Waals surface area contributed by atoms with Gasteiger partial charge in [-0.3, -0.25) is 4.79 Å². The fourth-order valence-electron chi connectivity index (χ4n) is 2.26. The van der Waals surface area contributed by atoms with Gasteiger partial charge in [-0.15, -0.1) is 0 Å². The van der Waals surface area contributed by atoms with E-state index in [-0.39, 0.29) is 17.9 Å². The summed E-state index contributed by atoms with van der Waals surface area (Å²) in [6.45, 7) is 1.65. The van der Waals surface area contributed by atoms with Crippen LogP contribution in [-0.4, -0.2) is 30.2 Å². The molecule has 3 rings (SSSR count). The predicted molar refractivity (Wildman–Crippen MR) is 82.0 cm³/mol. The number of hydrogen-bond acceptors (Lipinski definition) is 4. The number of alkyl halides is 3. The van der Waals surface area contributed by atoms with E-state index in [2.05, 4.69) is 20.4 Å². The molecule has 0 atom stereocenters. The topological polar surface area (TPSA) is 77.6 Å². The Balaban J connectivity index is 1.92. The molecule has 0 saturated carbocycles. The molecular weight excluding hydrogens is 337 g/mol. The molecule has 0 saturated heterocycles. The summed E-state index contributed by atoms with van der Waals surface area (Å²) in [7, 11) is 0. The van der Waals surface area contributed by atoms with Crippen molar-refractivity contribution in [2.75, 3.05) is 5.32 Å². The van der Waals surface area contributed by atoms with Crippen molar-refractivity contribution in [1.29, 1.82) is 0 Å². The van der Waals surface area contributed by atoms with Gasteiger partial charge in [-0.2, -0.15) is 18.3 Å². The molecule has 0 radical (unpaired) electrons. The molecular formula is C15H13F3N6O. The van der Waals surface area contributed by atoms with Gasteiger partial charge in [0, 0.05) is 12.4 Å². The predicted octanol–water partition coefficient (Wildman–Crippen LogP) is 2.43. The van der Waals surface area contributed by atoms with Crippen LogP contribution in [0, 0.1) is 6.92 Å². The summed E-state index contributed by atoms with van der Waals surface area (Å²) in [6, 6.07) is 3.03. The van der Waals surface area contributed by atoms with E-state index in [1.165, 1.54) is 29.6 Å². The maximum absolute atomic E-state index is 13.0. The summed E-state index contributed by atoms with van der Waals surface area (Å²) in [5.74, 6) is 0.137. The smallest absolute Gasteiger partial charge is 0.326 e. The molecule has 7 nitrogen and oxygen atoms in total. The monoisotopic (exact) mass is 350 g/mol. The Kier molecular flexibility index (Phi) is 4.26. The minimum atomic E-state index is -4.53. The van der Waals surface area contributed by atoms with Gasteiger partial charge >= 0.3 is 6.18 Å². The highest BCUT2D eigenvalue weighted by atomic mass is 19.4. The third-order valence-corrected chi connectivity index (χ3v) is 3.50. The molecule has 25 heavy (non-hydrogen) atoms. The van der Waals surface area contributed by atoms with Crippen LogP contribution in [0.3, 0.4) is 0 Å². The molecule has 1 amide bonds. The number of nitrogens with one attached hydrogen (secondary N) is 1. The van der Waals surface area contributed by atoms with Crippen molar-refractivity contribution in [1.82, 2.24) is 24.3 Å². The van der Waals surface area contributed by atoms with Crippen LogP contribution in [0.25, 0.3) is 5.69 Å². The number of aryl methyl sites for hydroxylation is 1. The van der Waals surface area contributed by atoms with Crippen LogP contribution in [0.4, 0.5) is 18.9 Å². The van der Waals surface area contributed by atoms with Crippen molar-refractivity contribution < 1.29 is 18.0 Å². The molecule has 10 heteroatoms. The van der Waals surface area contributed by atoms with Crippen molar-refractivity contribution in [2.24, 2.45) is 0 Å². The van der Waals surface area contributed by atoms with Gasteiger partial charge in [0.05, 0.1) is 16.9 Å². The largest absolute Gasteiger partial charge is 0.416 e. The zero-order chi connectivity index (χ0) is 18.0. The minimum absolute atomic E-state index is 0.0110. The van der Waals surface area contributed by atoms with Gasteiger partial charge in [-0.05, 0) is 25.1 Å². The molecule has 1 aromatic carbocycles. The number of halogens is 3. The standard InChI is InChI=1S/C15H13F3N6O/c1-10-20-4-5-23(10)7-14(25)22-12-6-11(15(16,17)18)2-3-13(12)24-9-19-8-21-24/h2-6,8-9H,7H2,1H3,(H,22,25). The van der Waals surface area contributed by atoms with E-state index in [9.17, 15) is 18.0 Å². The van der Waals surface area contributed by atoms with Crippen molar-refractivity contribution in [2.45, 2.75) is 19.6 Å². The molecule has 2 aromatic heterocycles. The van der Waals surface area contributed by atoms with Gasteiger partial charge in [0.2, 0.25) is 5.91 Å². The first kappa shape index (κ1) is 16.7. The molecule has 0 aliphatic carbocycles. The maximum atomic E-state index is 13.0. The average Bonchev–Trinajstić information content (AvgIpc) is 3.19. The number of benzene rings is 1. The number of imidazole rings is 1. The van der Waals surface area contributed by atoms with E-state index in [0.717, 1.165) is 12.1 Å². The lowest BCUT2D eigenvalue weighted by molar-refractivity contribution is -0.137. The summed E-state index contributed by atoms with van der Waals surface area (Å²) in [5, 5.41) is 6.39. The van der Waals surface area contributed by atoms with Crippen molar-refractivity contribution in [3.05, 3.63) is 54.6 Å². The third-order valence-electron chi connectivity index (χ3n) is 3.50. The molecule has 130 valence electrons. The summed E-state index contributed by atoms with van der Waals surface area (Å²) < 4.78 is 41.8. The van der Waals surface area contributed by atoms with Gasteiger partial charge in [-0.1, -0.05) is 0 Å². The van der Waals surface area contributed by atoms with Crippen molar-refractivity contribution in [3.8, 4) is 5.69 Å². The quantitative estimate of drug-likeness (QED) is 0.784. The Morgan fingerprint density at radius 1 is 1.32 bits per heavy atom. The van der Waals surface area contributed by atoms with E-state index in [1.807, 2.05) is 0 Å². The Bertz CT molecular complexity index is 885. The highest BCUT2D eigenvalue weighted by Crippen LogP contribution is 2.33. The number of carbonyl (C=O) groups excluding carboxylic acids is 1. The highest BCUT2D eigenvalue weighted by Gasteiger charge is 2.31. The summed E-state index contributed by atoms with van der Waals surface area (Å²) in [4.78, 5) is 20.0. The molecule has 0 spiro atoms. The second kappa shape index (κ2) is 6.38. The number of hydrogen-bond donors (Lipinski definition) is 1. The lowest BCUT2D eigenvalue weighted by Gasteiger charge is -2.14. The average molecular weight is 350 g/mol. The lowest BCUT2D eigenvalue weighted by Crippen LogP contribution is -2.20. The molecule has 0 aliphatic rings. The number of rotatable bonds is 4. The first-order chi connectivity index (χ1) is 11.8. The fourth-order valence-corrected chi connectivity index (χ4v) is 2.26. The second-order valence-electron chi connectivity index (χ2n) is 5.22. The lowest BCUT2D eigenvalue weighted by atomic mass is 10.1. The molecule has 0 bridgehead atoms. The van der Waals surface area contributed by atoms with Crippen LogP contribution in [0.15, 0.2) is 43.2 Å². The van der Waals surface area contributed by atoms with E-state index in [1.54, 1.807) is 17.7 Å². The van der Waals surface area contributed by atoms with Gasteiger partial charge in [-0.25, -0.2) is 14.6 Å². The third kappa shape index (κ3) is 3.67. The Hall–Kier alpha value is -3.17. The molecule has 1 N–H and O–H groups in total. The molecule has 0 aliphatic heterocycles. The first-order valence-electron chi connectivity index (χ1n) is 7.18. The fraction of sp³-hybridized carbons (Fsp3) is 0.200. The van der Waals surface area contributed by atoms with Crippen molar-refractivity contribution >= 4 is 11.6 Å². The molecule has 0 fully saturated rings. The summed E-state index contributed by atoms with van der Waals surface area (Å²) >= 11 is 0. The van der Waals surface area contributed by atoms with Gasteiger partial charge in [0.15, 0.2) is 0 Å². The zero-order valence-electron chi connectivity index (χ0n) is 13.0. The highest BCUT2D eigenvalue weighted by molar-refractivity contribution is 5.92. The van der Waals surface area contributed by atoms with E-state index in [4.69, 9.17) is 0 Å². The molecule has 2 heterocycles. The normalized spacial score (nSPS) is 11.5. The van der Waals surface area contributed by atoms with Crippen LogP contribution < -0.4 is 5.32 Å². The van der Waals surface area contributed by atoms with E-state index in [0.29, 0.717) is 5.82 Å². The van der Waals surface area contributed by atoms with E-state index >= 15 is 0 Å². The van der Waals surface area contributed by atoms with Crippen molar-refractivity contribution in [3.63, 3.8) is 0 Å². The number of anilines is 1. The summed E-state index contributed by atoms with van der Waals surface area (Å²) in [5.41, 5.74) is -0.602. The molecule has 0 unspecified atom stereocenters. The number of nitrogens with zero attached hydrogens (tertiary/aromatic N) is 5. The summed E-state index contributed by atoms with van der Waals surface area (Å²) in [6.07, 6.45) is 1.20. The number of aromatic nitrogens is 5. The van der Waals surface area contributed by atoms with Gasteiger partial charge in [0.25, 0.3) is 0 Å². The zero-order valence-corrected chi connectivity index (χ0v) is 13.0. The van der Waals surface area contributed by atoms with Crippen LogP contribution in [0.2, 0.25) is 0 Å². The van der Waals surface area contributed by atoms with Crippen LogP contribution in [0.1, 0.15) is 11.4 Å². The maximum Gasteiger partial charge on any atom is 0.416 e. The number of carbonyl (C=O) groups is 1. The van der Waals surface area contributed by atoms with Crippen LogP contribution in [-0.2, 0) is 17.5 Å². The number of amides is 1. The van der Waals surface area contributed by atoms with Gasteiger partial charge in [0.1, 0.15) is 25.0 Å². The van der Waals surface area contributed by atoms with E-state index < -0.39 is 17.6 Å². The Labute approximate surface area is 140 Å². The van der Waals surface area contributed by atoms with Crippen LogP contribution >= 0.6 is 0 Å². The second-order valence-corrected chi connectivity index (χ2v) is 5.22.